The SMILES string of the molecule is Cc1ccc(-c2ncc(C3CCN(C(=O)C(C)C)CC3)nc2-c2ccc(C)cc2)cc1. The summed E-state index contributed by atoms with van der Waals surface area (Å²) in [5.74, 6) is 0.637. The zero-order valence-electron chi connectivity index (χ0n) is 18.9. The molecule has 0 N–H and O–H groups in total. The van der Waals surface area contributed by atoms with Gasteiger partial charge in [0.15, 0.2) is 0 Å². The van der Waals surface area contributed by atoms with Gasteiger partial charge in [0.05, 0.1) is 17.1 Å². The Kier molecular flexibility index (Phi) is 6.17. The maximum atomic E-state index is 12.3. The minimum absolute atomic E-state index is 0.0540. The molecule has 4 nitrogen and oxygen atoms in total. The molecular weight excluding hydrogens is 382 g/mol. The van der Waals surface area contributed by atoms with Gasteiger partial charge in [-0.25, -0.2) is 4.98 Å². The normalized spacial score (nSPS) is 14.8. The molecule has 160 valence electrons. The number of aryl methyl sites for hydroxylation is 2. The molecule has 1 aliphatic heterocycles. The number of carbonyl (C=O) groups excluding carboxylic acids is 1. The van der Waals surface area contributed by atoms with Crippen molar-refractivity contribution in [3.63, 3.8) is 0 Å². The fourth-order valence-corrected chi connectivity index (χ4v) is 4.20. The number of hydrogen-bond donors (Lipinski definition) is 0. The van der Waals surface area contributed by atoms with E-state index in [1.54, 1.807) is 0 Å². The predicted octanol–water partition coefficient (Wildman–Crippen LogP) is 5.79. The van der Waals surface area contributed by atoms with Crippen molar-refractivity contribution in [1.82, 2.24) is 14.9 Å². The van der Waals surface area contributed by atoms with Gasteiger partial charge in [0, 0.05) is 42.2 Å². The molecule has 3 aromatic rings. The van der Waals surface area contributed by atoms with Crippen molar-refractivity contribution in [2.75, 3.05) is 13.1 Å². The molecule has 2 aromatic carbocycles. The quantitative estimate of drug-likeness (QED) is 0.544. The molecule has 31 heavy (non-hydrogen) atoms. The monoisotopic (exact) mass is 413 g/mol. The van der Waals surface area contributed by atoms with Crippen molar-refractivity contribution in [3.8, 4) is 22.5 Å². The average molecular weight is 414 g/mol. The summed E-state index contributed by atoms with van der Waals surface area (Å²) in [7, 11) is 0. The molecule has 0 bridgehead atoms. The van der Waals surface area contributed by atoms with Crippen molar-refractivity contribution >= 4 is 5.91 Å². The van der Waals surface area contributed by atoms with E-state index in [0.29, 0.717) is 5.92 Å². The van der Waals surface area contributed by atoms with E-state index in [9.17, 15) is 4.79 Å². The Labute approximate surface area is 185 Å². The molecule has 1 aliphatic rings. The smallest absolute Gasteiger partial charge is 0.225 e. The summed E-state index contributed by atoms with van der Waals surface area (Å²) >= 11 is 0. The molecule has 0 saturated carbocycles. The second-order valence-electron chi connectivity index (χ2n) is 8.98. The number of amides is 1. The van der Waals surface area contributed by atoms with Crippen LogP contribution in [0.1, 0.15) is 49.4 Å². The largest absolute Gasteiger partial charge is 0.342 e. The summed E-state index contributed by atoms with van der Waals surface area (Å²) < 4.78 is 0. The topological polar surface area (TPSA) is 46.1 Å². The first-order valence-corrected chi connectivity index (χ1v) is 11.2. The van der Waals surface area contributed by atoms with Crippen LogP contribution < -0.4 is 0 Å². The highest BCUT2D eigenvalue weighted by Gasteiger charge is 2.26. The third kappa shape index (κ3) is 4.68. The van der Waals surface area contributed by atoms with Gasteiger partial charge in [0.2, 0.25) is 5.91 Å². The summed E-state index contributed by atoms with van der Waals surface area (Å²) in [6.45, 7) is 9.72. The molecule has 0 aliphatic carbocycles. The maximum absolute atomic E-state index is 12.3. The predicted molar refractivity (Wildman–Crippen MR) is 126 cm³/mol. The Morgan fingerprint density at radius 2 is 1.39 bits per heavy atom. The zero-order valence-corrected chi connectivity index (χ0v) is 18.9. The Morgan fingerprint density at radius 1 is 0.871 bits per heavy atom. The van der Waals surface area contributed by atoms with Crippen LogP contribution in [0.2, 0.25) is 0 Å². The van der Waals surface area contributed by atoms with Gasteiger partial charge in [-0.3, -0.25) is 9.78 Å². The van der Waals surface area contributed by atoms with Gasteiger partial charge in [-0.2, -0.15) is 0 Å². The van der Waals surface area contributed by atoms with E-state index in [-0.39, 0.29) is 11.8 Å². The molecule has 1 fully saturated rings. The van der Waals surface area contributed by atoms with E-state index in [1.165, 1.54) is 11.1 Å². The number of hydrogen-bond acceptors (Lipinski definition) is 3. The van der Waals surface area contributed by atoms with Crippen LogP contribution in [-0.2, 0) is 4.79 Å². The van der Waals surface area contributed by atoms with Gasteiger partial charge in [-0.05, 0) is 26.7 Å². The summed E-state index contributed by atoms with van der Waals surface area (Å²) in [6.07, 6.45) is 3.81. The highest BCUT2D eigenvalue weighted by atomic mass is 16.2. The molecule has 4 rings (SSSR count). The highest BCUT2D eigenvalue weighted by molar-refractivity contribution is 5.79. The minimum Gasteiger partial charge on any atom is -0.342 e. The third-order valence-electron chi connectivity index (χ3n) is 6.16. The average Bonchev–Trinajstić information content (AvgIpc) is 2.79. The lowest BCUT2D eigenvalue weighted by atomic mass is 9.92. The Morgan fingerprint density at radius 3 is 1.90 bits per heavy atom. The molecule has 0 atom stereocenters. The first-order valence-electron chi connectivity index (χ1n) is 11.2. The summed E-state index contributed by atoms with van der Waals surface area (Å²) in [4.78, 5) is 24.4. The highest BCUT2D eigenvalue weighted by Crippen LogP contribution is 2.33. The first-order chi connectivity index (χ1) is 14.9. The standard InChI is InChI=1S/C27H31N3O/c1-18(2)27(31)30-15-13-21(14-16-30)24-17-28-25(22-9-5-19(3)6-10-22)26(29-24)23-11-7-20(4)8-12-23/h5-12,17-18,21H,13-16H2,1-4H3. The molecule has 0 spiro atoms. The van der Waals surface area contributed by atoms with E-state index in [0.717, 1.165) is 54.1 Å². The fourth-order valence-electron chi connectivity index (χ4n) is 4.20. The molecule has 4 heteroatoms. The van der Waals surface area contributed by atoms with Gasteiger partial charge in [0.25, 0.3) is 0 Å². The lowest BCUT2D eigenvalue weighted by Crippen LogP contribution is -2.40. The second-order valence-corrected chi connectivity index (χ2v) is 8.98. The molecule has 2 heterocycles. The number of rotatable bonds is 4. The van der Waals surface area contributed by atoms with E-state index in [4.69, 9.17) is 9.97 Å². The van der Waals surface area contributed by atoms with E-state index in [1.807, 2.05) is 24.9 Å². The van der Waals surface area contributed by atoms with Crippen molar-refractivity contribution in [2.24, 2.45) is 5.92 Å². The van der Waals surface area contributed by atoms with Gasteiger partial charge < -0.3 is 4.90 Å². The van der Waals surface area contributed by atoms with Crippen LogP contribution in [0.4, 0.5) is 0 Å². The van der Waals surface area contributed by atoms with Crippen molar-refractivity contribution in [2.45, 2.75) is 46.5 Å². The number of likely N-dealkylation sites (tertiary alicyclic amines) is 1. The van der Waals surface area contributed by atoms with Gasteiger partial charge >= 0.3 is 0 Å². The van der Waals surface area contributed by atoms with Crippen LogP contribution in [-0.4, -0.2) is 33.9 Å². The van der Waals surface area contributed by atoms with Crippen molar-refractivity contribution in [1.29, 1.82) is 0 Å². The van der Waals surface area contributed by atoms with Crippen molar-refractivity contribution in [3.05, 3.63) is 71.5 Å². The molecule has 1 aromatic heterocycles. The second kappa shape index (κ2) is 9.01. The Hall–Kier alpha value is -3.01. The third-order valence-corrected chi connectivity index (χ3v) is 6.16. The lowest BCUT2D eigenvalue weighted by Gasteiger charge is -2.33. The van der Waals surface area contributed by atoms with Gasteiger partial charge in [0.1, 0.15) is 0 Å². The van der Waals surface area contributed by atoms with Gasteiger partial charge in [-0.1, -0.05) is 73.5 Å². The number of benzene rings is 2. The molecule has 0 unspecified atom stereocenters. The number of piperidine rings is 1. The minimum atomic E-state index is 0.0540. The van der Waals surface area contributed by atoms with Crippen LogP contribution in [0.25, 0.3) is 22.5 Å². The molecule has 0 radical (unpaired) electrons. The fraction of sp³-hybridized carbons (Fsp3) is 0.370. The van der Waals surface area contributed by atoms with Gasteiger partial charge in [-0.15, -0.1) is 0 Å². The summed E-state index contributed by atoms with van der Waals surface area (Å²) in [5.41, 5.74) is 7.51. The number of carbonyl (C=O) groups is 1. The summed E-state index contributed by atoms with van der Waals surface area (Å²) in [5, 5.41) is 0. The van der Waals surface area contributed by atoms with E-state index in [2.05, 4.69) is 62.4 Å². The van der Waals surface area contributed by atoms with Crippen LogP contribution >= 0.6 is 0 Å². The zero-order chi connectivity index (χ0) is 22.0. The number of nitrogens with zero attached hydrogens (tertiary/aromatic N) is 3. The molecule has 1 amide bonds. The first kappa shape index (κ1) is 21.2. The number of aromatic nitrogens is 2. The van der Waals surface area contributed by atoms with Crippen molar-refractivity contribution < 1.29 is 4.79 Å². The van der Waals surface area contributed by atoms with Crippen LogP contribution in [0.3, 0.4) is 0 Å². The van der Waals surface area contributed by atoms with Crippen LogP contribution in [0.15, 0.2) is 54.7 Å². The molecule has 1 saturated heterocycles. The summed E-state index contributed by atoms with van der Waals surface area (Å²) in [6, 6.07) is 17.0. The Bertz CT molecular complexity index is 1050. The molecular formula is C27H31N3O. The maximum Gasteiger partial charge on any atom is 0.225 e. The van der Waals surface area contributed by atoms with E-state index < -0.39 is 0 Å². The Balaban J connectivity index is 1.66. The lowest BCUT2D eigenvalue weighted by molar-refractivity contribution is -0.135. The van der Waals surface area contributed by atoms with Crippen LogP contribution in [0.5, 0.6) is 0 Å². The van der Waals surface area contributed by atoms with E-state index >= 15 is 0 Å². The van der Waals surface area contributed by atoms with Crippen LogP contribution in [0, 0.1) is 19.8 Å².